The summed E-state index contributed by atoms with van der Waals surface area (Å²) in [6.07, 6.45) is 0.696. The molecule has 0 unspecified atom stereocenters. The molecule has 158 valence electrons. The standard InChI is InChI=1S/C17H21ClN4O6S/c18-14-2-1-13(29(26,27)22-7-9-28-10-8-22)11-15(14)19-16(24)17(25)21-5-3-20(12-23)4-6-21/h1-2,11-12H,3-10H2,(H,19,24). The molecule has 3 amide bonds. The van der Waals surface area contributed by atoms with Crippen LogP contribution in [0.15, 0.2) is 23.1 Å². The maximum Gasteiger partial charge on any atom is 0.313 e. The molecule has 0 aliphatic carbocycles. The number of morpholine rings is 1. The van der Waals surface area contributed by atoms with Gasteiger partial charge in [0.1, 0.15) is 0 Å². The van der Waals surface area contributed by atoms with Crippen LogP contribution in [-0.4, -0.2) is 93.2 Å². The van der Waals surface area contributed by atoms with Crippen LogP contribution in [0.5, 0.6) is 0 Å². The van der Waals surface area contributed by atoms with Crippen molar-refractivity contribution in [2.24, 2.45) is 0 Å². The summed E-state index contributed by atoms with van der Waals surface area (Å²) in [5.74, 6) is -1.69. The molecule has 0 bridgehead atoms. The molecule has 0 atom stereocenters. The van der Waals surface area contributed by atoms with E-state index in [-0.39, 0.29) is 41.8 Å². The van der Waals surface area contributed by atoms with Crippen molar-refractivity contribution >= 4 is 45.5 Å². The SMILES string of the molecule is O=CN1CCN(C(=O)C(=O)Nc2cc(S(=O)(=O)N3CCOCC3)ccc2Cl)CC1. The van der Waals surface area contributed by atoms with E-state index in [1.54, 1.807) is 0 Å². The molecule has 2 aliphatic heterocycles. The van der Waals surface area contributed by atoms with Crippen LogP contribution in [0.25, 0.3) is 0 Å². The van der Waals surface area contributed by atoms with Crippen LogP contribution in [0.2, 0.25) is 5.02 Å². The van der Waals surface area contributed by atoms with E-state index in [1.807, 2.05) is 0 Å². The first-order valence-corrected chi connectivity index (χ1v) is 10.8. The molecule has 29 heavy (non-hydrogen) atoms. The van der Waals surface area contributed by atoms with Gasteiger partial charge in [0.25, 0.3) is 0 Å². The first-order chi connectivity index (χ1) is 13.8. The number of halogens is 1. The van der Waals surface area contributed by atoms with Gasteiger partial charge in [-0.15, -0.1) is 0 Å². The molecule has 0 spiro atoms. The number of ether oxygens (including phenoxy) is 1. The number of amides is 3. The highest BCUT2D eigenvalue weighted by Gasteiger charge is 2.29. The number of carbonyl (C=O) groups is 3. The highest BCUT2D eigenvalue weighted by atomic mass is 35.5. The number of nitrogens with zero attached hydrogens (tertiary/aromatic N) is 3. The Morgan fingerprint density at radius 1 is 1.07 bits per heavy atom. The van der Waals surface area contributed by atoms with E-state index in [9.17, 15) is 22.8 Å². The first kappa shape index (κ1) is 21.5. The van der Waals surface area contributed by atoms with E-state index in [0.29, 0.717) is 32.7 Å². The zero-order chi connectivity index (χ0) is 21.0. The Labute approximate surface area is 173 Å². The molecule has 2 fully saturated rings. The van der Waals surface area contributed by atoms with E-state index in [1.165, 1.54) is 32.3 Å². The van der Waals surface area contributed by atoms with Gasteiger partial charge in [-0.05, 0) is 18.2 Å². The summed E-state index contributed by atoms with van der Waals surface area (Å²) in [5.41, 5.74) is 0.0332. The van der Waals surface area contributed by atoms with Crippen molar-refractivity contribution in [3.05, 3.63) is 23.2 Å². The molecule has 0 radical (unpaired) electrons. The molecule has 1 aromatic carbocycles. The quantitative estimate of drug-likeness (QED) is 0.499. The van der Waals surface area contributed by atoms with E-state index >= 15 is 0 Å². The number of rotatable bonds is 4. The van der Waals surface area contributed by atoms with Gasteiger partial charge in [0.2, 0.25) is 16.4 Å². The average molecular weight is 445 g/mol. The van der Waals surface area contributed by atoms with Gasteiger partial charge in [0.15, 0.2) is 0 Å². The zero-order valence-corrected chi connectivity index (χ0v) is 17.1. The number of hydrogen-bond donors (Lipinski definition) is 1. The molecule has 12 heteroatoms. The Balaban J connectivity index is 1.72. The van der Waals surface area contributed by atoms with Crippen molar-refractivity contribution in [3.63, 3.8) is 0 Å². The zero-order valence-electron chi connectivity index (χ0n) is 15.5. The first-order valence-electron chi connectivity index (χ1n) is 9.00. The van der Waals surface area contributed by atoms with Gasteiger partial charge < -0.3 is 19.9 Å². The van der Waals surface area contributed by atoms with E-state index in [4.69, 9.17) is 16.3 Å². The monoisotopic (exact) mass is 444 g/mol. The summed E-state index contributed by atoms with van der Waals surface area (Å²) in [4.78, 5) is 38.3. The molecule has 2 aliphatic rings. The lowest BCUT2D eigenvalue weighted by Crippen LogP contribution is -2.51. The number of benzene rings is 1. The molecule has 3 rings (SSSR count). The van der Waals surface area contributed by atoms with Crippen LogP contribution in [0.3, 0.4) is 0 Å². The van der Waals surface area contributed by atoms with Gasteiger partial charge in [0.05, 0.1) is 28.8 Å². The minimum atomic E-state index is -3.78. The number of carbonyl (C=O) groups excluding carboxylic acids is 3. The lowest BCUT2D eigenvalue weighted by molar-refractivity contribution is -0.144. The van der Waals surface area contributed by atoms with Crippen molar-refractivity contribution in [2.45, 2.75) is 4.90 Å². The van der Waals surface area contributed by atoms with Gasteiger partial charge in [-0.2, -0.15) is 4.31 Å². The molecule has 10 nitrogen and oxygen atoms in total. The van der Waals surface area contributed by atoms with E-state index in [0.717, 1.165) is 0 Å². The predicted molar refractivity (Wildman–Crippen MR) is 104 cm³/mol. The van der Waals surface area contributed by atoms with Crippen molar-refractivity contribution in [1.82, 2.24) is 14.1 Å². The maximum absolute atomic E-state index is 12.8. The van der Waals surface area contributed by atoms with E-state index < -0.39 is 21.8 Å². The minimum Gasteiger partial charge on any atom is -0.379 e. The fourth-order valence-electron chi connectivity index (χ4n) is 3.05. The third-order valence-electron chi connectivity index (χ3n) is 4.74. The highest BCUT2D eigenvalue weighted by Crippen LogP contribution is 2.27. The third kappa shape index (κ3) is 4.86. The number of nitrogens with one attached hydrogen (secondary N) is 1. The minimum absolute atomic E-state index is 0.0332. The second kappa shape index (κ2) is 9.08. The van der Waals surface area contributed by atoms with Crippen LogP contribution < -0.4 is 5.32 Å². The Morgan fingerprint density at radius 3 is 2.34 bits per heavy atom. The highest BCUT2D eigenvalue weighted by molar-refractivity contribution is 7.89. The van der Waals surface area contributed by atoms with Crippen molar-refractivity contribution in [2.75, 3.05) is 57.8 Å². The predicted octanol–water partition coefficient (Wildman–Crippen LogP) is -0.400. The van der Waals surface area contributed by atoms with Crippen molar-refractivity contribution < 1.29 is 27.5 Å². The maximum atomic E-state index is 12.8. The summed E-state index contributed by atoms with van der Waals surface area (Å²) in [6.45, 7) is 2.25. The van der Waals surface area contributed by atoms with Gasteiger partial charge in [0, 0.05) is 39.3 Å². The molecular weight excluding hydrogens is 424 g/mol. The Hall–Kier alpha value is -2.21. The van der Waals surface area contributed by atoms with E-state index in [2.05, 4.69) is 5.32 Å². The van der Waals surface area contributed by atoms with Gasteiger partial charge in [-0.1, -0.05) is 11.6 Å². The van der Waals surface area contributed by atoms with Crippen LogP contribution in [0.4, 0.5) is 5.69 Å². The molecular formula is C17H21ClN4O6S. The van der Waals surface area contributed by atoms with Gasteiger partial charge >= 0.3 is 11.8 Å². The van der Waals surface area contributed by atoms with Crippen LogP contribution in [0, 0.1) is 0 Å². The van der Waals surface area contributed by atoms with Crippen molar-refractivity contribution in [3.8, 4) is 0 Å². The molecule has 2 saturated heterocycles. The summed E-state index contributed by atoms with van der Waals surface area (Å²) in [5, 5.41) is 2.50. The van der Waals surface area contributed by atoms with Gasteiger partial charge in [-0.25, -0.2) is 8.42 Å². The largest absolute Gasteiger partial charge is 0.379 e. The molecule has 1 aromatic rings. The molecule has 0 aromatic heterocycles. The fraction of sp³-hybridized carbons (Fsp3) is 0.471. The van der Waals surface area contributed by atoms with Crippen LogP contribution >= 0.6 is 11.6 Å². The summed E-state index contributed by atoms with van der Waals surface area (Å²) in [6, 6.07) is 3.95. The second-order valence-electron chi connectivity index (χ2n) is 6.55. The summed E-state index contributed by atoms with van der Waals surface area (Å²) >= 11 is 6.09. The molecule has 0 saturated carbocycles. The lowest BCUT2D eigenvalue weighted by Gasteiger charge is -2.32. The number of anilines is 1. The lowest BCUT2D eigenvalue weighted by atomic mass is 10.3. The van der Waals surface area contributed by atoms with Gasteiger partial charge in [-0.3, -0.25) is 14.4 Å². The molecule has 2 heterocycles. The number of hydrogen-bond acceptors (Lipinski definition) is 6. The Bertz CT molecular complexity index is 895. The smallest absolute Gasteiger partial charge is 0.313 e. The normalized spacial score (nSPS) is 18.4. The molecule has 1 N–H and O–H groups in total. The van der Waals surface area contributed by atoms with Crippen molar-refractivity contribution in [1.29, 1.82) is 0 Å². The third-order valence-corrected chi connectivity index (χ3v) is 6.96. The Morgan fingerprint density at radius 2 is 1.72 bits per heavy atom. The topological polar surface area (TPSA) is 116 Å². The second-order valence-corrected chi connectivity index (χ2v) is 8.89. The van der Waals surface area contributed by atoms with Crippen LogP contribution in [-0.2, 0) is 29.1 Å². The number of piperazine rings is 1. The number of sulfonamides is 1. The van der Waals surface area contributed by atoms with Crippen LogP contribution in [0.1, 0.15) is 0 Å². The Kier molecular flexibility index (Phi) is 6.73. The summed E-state index contributed by atoms with van der Waals surface area (Å²) < 4.78 is 32.0. The average Bonchev–Trinajstić information content (AvgIpc) is 2.75. The fourth-order valence-corrected chi connectivity index (χ4v) is 4.65. The summed E-state index contributed by atoms with van der Waals surface area (Å²) in [7, 11) is -3.78.